The molecule has 13 heteroatoms. The molecule has 50 heavy (non-hydrogen) atoms. The van der Waals surface area contributed by atoms with Crippen LogP contribution in [0.4, 0.5) is 5.69 Å². The van der Waals surface area contributed by atoms with Crippen LogP contribution in [0, 0.1) is 0 Å². The van der Waals surface area contributed by atoms with E-state index in [2.05, 4.69) is 22.1 Å². The molecular formula is C37H37Cl2N5O5S. The number of aromatic nitrogens is 3. The summed E-state index contributed by atoms with van der Waals surface area (Å²) in [6.07, 6.45) is 4.28. The summed E-state index contributed by atoms with van der Waals surface area (Å²) in [4.78, 5) is 39.0. The van der Waals surface area contributed by atoms with Crippen LogP contribution in [0.1, 0.15) is 67.7 Å². The Morgan fingerprint density at radius 2 is 1.54 bits per heavy atom. The highest BCUT2D eigenvalue weighted by Crippen LogP contribution is 2.30. The Bertz CT molecular complexity index is 2180. The van der Waals surface area contributed by atoms with Crippen molar-refractivity contribution in [2.24, 2.45) is 0 Å². The Balaban J connectivity index is 1.42. The first kappa shape index (κ1) is 36.6. The first-order valence-corrected chi connectivity index (χ1v) is 18.6. The monoisotopic (exact) mass is 733 g/mol. The number of sulfonamides is 1. The number of hydrogen-bond donors (Lipinski definition) is 2. The Hall–Kier alpha value is -4.71. The van der Waals surface area contributed by atoms with E-state index in [4.69, 9.17) is 23.2 Å². The quantitative estimate of drug-likeness (QED) is 0.121. The fourth-order valence-electron chi connectivity index (χ4n) is 5.39. The van der Waals surface area contributed by atoms with Gasteiger partial charge in [-0.25, -0.2) is 17.9 Å². The van der Waals surface area contributed by atoms with Crippen LogP contribution in [0.2, 0.25) is 10.0 Å². The van der Waals surface area contributed by atoms with E-state index in [9.17, 15) is 22.8 Å². The lowest BCUT2D eigenvalue weighted by molar-refractivity contribution is -0.116. The molecule has 5 aromatic rings. The highest BCUT2D eigenvalue weighted by Gasteiger charge is 2.24. The molecule has 0 spiro atoms. The predicted molar refractivity (Wildman–Crippen MR) is 197 cm³/mol. The zero-order valence-corrected chi connectivity index (χ0v) is 30.0. The lowest BCUT2D eigenvalue weighted by Crippen LogP contribution is -2.31. The SMILES string of the molecule is CCCCC(=O)Nc1cccc(-n2nc(CCCC)n(Cc3ccc(-c4ccccc4S(=O)(=O)NC(=O)c4ccccc4Cl)cc3)c2=O)c1Cl. The van der Waals surface area contributed by atoms with Crippen molar-refractivity contribution in [1.29, 1.82) is 0 Å². The molecule has 10 nitrogen and oxygen atoms in total. The van der Waals surface area contributed by atoms with E-state index >= 15 is 0 Å². The van der Waals surface area contributed by atoms with Crippen LogP contribution < -0.4 is 15.7 Å². The molecule has 0 fully saturated rings. The summed E-state index contributed by atoms with van der Waals surface area (Å²) < 4.78 is 31.8. The lowest BCUT2D eigenvalue weighted by Gasteiger charge is -2.13. The summed E-state index contributed by atoms with van der Waals surface area (Å²) >= 11 is 12.8. The number of nitrogens with one attached hydrogen (secondary N) is 2. The van der Waals surface area contributed by atoms with Gasteiger partial charge in [-0.05, 0) is 54.3 Å². The van der Waals surface area contributed by atoms with E-state index in [1.807, 2.05) is 19.1 Å². The molecule has 0 saturated carbocycles. The van der Waals surface area contributed by atoms with Crippen LogP contribution >= 0.6 is 23.2 Å². The van der Waals surface area contributed by atoms with Gasteiger partial charge >= 0.3 is 5.69 Å². The number of benzene rings is 4. The summed E-state index contributed by atoms with van der Waals surface area (Å²) in [7, 11) is -4.27. The molecule has 0 aliphatic heterocycles. The number of aryl methyl sites for hydroxylation is 1. The van der Waals surface area contributed by atoms with E-state index in [0.717, 1.165) is 31.2 Å². The van der Waals surface area contributed by atoms with E-state index in [1.165, 1.54) is 22.9 Å². The van der Waals surface area contributed by atoms with E-state index < -0.39 is 15.9 Å². The second-order valence-electron chi connectivity index (χ2n) is 11.7. The molecule has 0 radical (unpaired) electrons. The van der Waals surface area contributed by atoms with Gasteiger partial charge in [0.15, 0.2) is 0 Å². The summed E-state index contributed by atoms with van der Waals surface area (Å²) in [6.45, 7) is 4.27. The Morgan fingerprint density at radius 3 is 2.26 bits per heavy atom. The number of amides is 2. The molecule has 0 bridgehead atoms. The number of carbonyl (C=O) groups excluding carboxylic acids is 2. The third kappa shape index (κ3) is 8.35. The molecule has 4 aromatic carbocycles. The van der Waals surface area contributed by atoms with Crippen LogP contribution in [0.3, 0.4) is 0 Å². The Labute approximate surface area is 301 Å². The molecule has 0 saturated heterocycles. The number of anilines is 1. The highest BCUT2D eigenvalue weighted by atomic mass is 35.5. The van der Waals surface area contributed by atoms with Crippen molar-refractivity contribution in [3.8, 4) is 16.8 Å². The van der Waals surface area contributed by atoms with E-state index in [1.54, 1.807) is 65.2 Å². The van der Waals surface area contributed by atoms with Crippen molar-refractivity contribution in [2.75, 3.05) is 5.32 Å². The summed E-state index contributed by atoms with van der Waals surface area (Å²) in [5.41, 5.74) is 2.19. The number of rotatable bonds is 14. The molecule has 0 aliphatic rings. The Kier molecular flexibility index (Phi) is 11.9. The minimum Gasteiger partial charge on any atom is -0.325 e. The summed E-state index contributed by atoms with van der Waals surface area (Å²) in [5, 5.41) is 7.84. The van der Waals surface area contributed by atoms with E-state index in [-0.39, 0.29) is 38.6 Å². The maximum atomic E-state index is 13.8. The van der Waals surface area contributed by atoms with Crippen molar-refractivity contribution in [1.82, 2.24) is 19.1 Å². The standard InChI is InChI=1S/C37H37Cl2N5O5S/c1-3-5-18-33-41-44(31-16-11-15-30(35(31)39)40-34(45)19-6-4-2)37(47)43(33)24-25-20-22-26(23-21-25)27-12-8-10-17-32(27)50(48,49)42-36(46)28-13-7-9-14-29(28)38/h7-17,20-23H,3-6,18-19,24H2,1-2H3,(H,40,45)(H,42,46). The smallest absolute Gasteiger partial charge is 0.325 e. The van der Waals surface area contributed by atoms with E-state index in [0.29, 0.717) is 41.2 Å². The van der Waals surface area contributed by atoms with Gasteiger partial charge in [-0.3, -0.25) is 14.2 Å². The van der Waals surface area contributed by atoms with Gasteiger partial charge in [0, 0.05) is 18.4 Å². The van der Waals surface area contributed by atoms with Gasteiger partial charge in [-0.15, -0.1) is 5.10 Å². The third-order valence-electron chi connectivity index (χ3n) is 8.06. The van der Waals surface area contributed by atoms with Gasteiger partial charge in [0.2, 0.25) is 5.91 Å². The van der Waals surface area contributed by atoms with Gasteiger partial charge in [0.25, 0.3) is 15.9 Å². The van der Waals surface area contributed by atoms with Crippen LogP contribution in [-0.4, -0.2) is 34.6 Å². The number of hydrogen-bond acceptors (Lipinski definition) is 6. The molecule has 1 heterocycles. The third-order valence-corrected chi connectivity index (χ3v) is 10.2. The second kappa shape index (κ2) is 16.3. The minimum absolute atomic E-state index is 0.0422. The highest BCUT2D eigenvalue weighted by molar-refractivity contribution is 7.90. The van der Waals surface area contributed by atoms with Crippen molar-refractivity contribution < 1.29 is 18.0 Å². The molecule has 0 unspecified atom stereocenters. The first-order valence-electron chi connectivity index (χ1n) is 16.3. The first-order chi connectivity index (χ1) is 24.0. The van der Waals surface area contributed by atoms with Crippen molar-refractivity contribution in [2.45, 2.75) is 63.8 Å². The number of nitrogens with zero attached hydrogens (tertiary/aromatic N) is 3. The van der Waals surface area contributed by atoms with Crippen LogP contribution in [-0.2, 0) is 27.8 Å². The minimum atomic E-state index is -4.27. The zero-order valence-electron chi connectivity index (χ0n) is 27.7. The summed E-state index contributed by atoms with van der Waals surface area (Å²) in [6, 6.07) is 24.8. The summed E-state index contributed by atoms with van der Waals surface area (Å²) in [5.74, 6) is -0.409. The fraction of sp³-hybridized carbons (Fsp3) is 0.243. The van der Waals surface area contributed by atoms with Gasteiger partial charge in [-0.1, -0.05) is 111 Å². The molecule has 1 aromatic heterocycles. The van der Waals surface area contributed by atoms with Gasteiger partial charge in [0.1, 0.15) is 5.82 Å². The molecule has 5 rings (SSSR count). The molecular weight excluding hydrogens is 697 g/mol. The van der Waals surface area contributed by atoms with Crippen LogP contribution in [0.15, 0.2) is 101 Å². The molecule has 2 amide bonds. The number of unbranched alkanes of at least 4 members (excludes halogenated alkanes) is 2. The average molecular weight is 735 g/mol. The maximum absolute atomic E-state index is 13.8. The number of halogens is 2. The van der Waals surface area contributed by atoms with Crippen LogP contribution in [0.5, 0.6) is 0 Å². The predicted octanol–water partition coefficient (Wildman–Crippen LogP) is 7.65. The van der Waals surface area contributed by atoms with Gasteiger partial charge in [-0.2, -0.15) is 4.68 Å². The average Bonchev–Trinajstić information content (AvgIpc) is 3.41. The topological polar surface area (TPSA) is 132 Å². The molecule has 260 valence electrons. The van der Waals surface area contributed by atoms with Gasteiger partial charge < -0.3 is 5.32 Å². The van der Waals surface area contributed by atoms with Crippen LogP contribution in [0.25, 0.3) is 16.8 Å². The lowest BCUT2D eigenvalue weighted by atomic mass is 10.0. The van der Waals surface area contributed by atoms with Gasteiger partial charge in [0.05, 0.1) is 38.4 Å². The molecule has 0 atom stereocenters. The fourth-order valence-corrected chi connectivity index (χ4v) is 7.06. The molecule has 2 N–H and O–H groups in total. The normalized spacial score (nSPS) is 11.4. The van der Waals surface area contributed by atoms with Crippen molar-refractivity contribution in [3.05, 3.63) is 128 Å². The zero-order chi connectivity index (χ0) is 35.8. The Morgan fingerprint density at radius 1 is 0.840 bits per heavy atom. The second-order valence-corrected chi connectivity index (χ2v) is 14.1. The largest absolute Gasteiger partial charge is 0.351 e. The van der Waals surface area contributed by atoms with Crippen molar-refractivity contribution >= 4 is 50.7 Å². The number of carbonyl (C=O) groups is 2. The maximum Gasteiger partial charge on any atom is 0.351 e. The van der Waals surface area contributed by atoms with Crippen molar-refractivity contribution in [3.63, 3.8) is 0 Å². The molecule has 0 aliphatic carbocycles.